The molecule has 1 atom stereocenters. The summed E-state index contributed by atoms with van der Waals surface area (Å²) < 4.78 is 0.751. The number of hydrogen-bond donors (Lipinski definition) is 1. The van der Waals surface area contributed by atoms with E-state index in [-0.39, 0.29) is 11.9 Å². The Morgan fingerprint density at radius 3 is 2.71 bits per heavy atom. The summed E-state index contributed by atoms with van der Waals surface area (Å²) in [5.74, 6) is 0.0267. The van der Waals surface area contributed by atoms with Gasteiger partial charge in [-0.1, -0.05) is 24.9 Å². The summed E-state index contributed by atoms with van der Waals surface area (Å²) in [7, 11) is 0. The minimum Gasteiger partial charge on any atom is -0.336 e. The summed E-state index contributed by atoms with van der Waals surface area (Å²) >= 11 is 7.37. The van der Waals surface area contributed by atoms with Gasteiger partial charge in [-0.15, -0.1) is 11.3 Å². The van der Waals surface area contributed by atoms with Crippen molar-refractivity contribution < 1.29 is 4.79 Å². The van der Waals surface area contributed by atoms with Gasteiger partial charge in [0.05, 0.1) is 16.9 Å². The van der Waals surface area contributed by atoms with Gasteiger partial charge >= 0.3 is 0 Å². The Bertz CT molecular complexity index is 367. The maximum absolute atomic E-state index is 12.0. The van der Waals surface area contributed by atoms with Crippen LogP contribution in [0.25, 0.3) is 0 Å². The van der Waals surface area contributed by atoms with Crippen molar-refractivity contribution in [3.05, 3.63) is 21.3 Å². The van der Waals surface area contributed by atoms with E-state index in [0.29, 0.717) is 13.1 Å². The molecule has 0 saturated heterocycles. The highest BCUT2D eigenvalue weighted by molar-refractivity contribution is 7.16. The summed E-state index contributed by atoms with van der Waals surface area (Å²) in [6, 6.07) is 3.43. The van der Waals surface area contributed by atoms with Crippen LogP contribution < -0.4 is 5.73 Å². The van der Waals surface area contributed by atoms with Crippen molar-refractivity contribution in [2.24, 2.45) is 5.73 Å². The number of halogens is 1. The molecule has 0 aromatic carbocycles. The van der Waals surface area contributed by atoms with Gasteiger partial charge in [0.2, 0.25) is 5.91 Å². The summed E-state index contributed by atoms with van der Waals surface area (Å²) in [4.78, 5) is 14.9. The zero-order valence-electron chi connectivity index (χ0n) is 10.3. The maximum Gasteiger partial charge on any atom is 0.239 e. The second-order valence-electron chi connectivity index (χ2n) is 3.95. The normalized spacial score (nSPS) is 12.5. The molecule has 0 fully saturated rings. The van der Waals surface area contributed by atoms with E-state index in [1.165, 1.54) is 11.3 Å². The van der Waals surface area contributed by atoms with E-state index in [4.69, 9.17) is 17.3 Å². The van der Waals surface area contributed by atoms with Gasteiger partial charge in [-0.2, -0.15) is 0 Å². The molecule has 1 amide bonds. The first-order valence-electron chi connectivity index (χ1n) is 5.87. The largest absolute Gasteiger partial charge is 0.336 e. The summed E-state index contributed by atoms with van der Waals surface area (Å²) in [5, 5.41) is 0. The van der Waals surface area contributed by atoms with Gasteiger partial charge in [0.15, 0.2) is 0 Å². The van der Waals surface area contributed by atoms with Crippen LogP contribution in [0.1, 0.15) is 31.6 Å². The van der Waals surface area contributed by atoms with Crippen molar-refractivity contribution in [2.45, 2.75) is 39.3 Å². The van der Waals surface area contributed by atoms with E-state index in [0.717, 1.165) is 22.1 Å². The minimum absolute atomic E-state index is 0.0267. The van der Waals surface area contributed by atoms with Gasteiger partial charge in [0.25, 0.3) is 0 Å². The molecule has 0 bridgehead atoms. The molecule has 0 aliphatic carbocycles. The monoisotopic (exact) mass is 274 g/mol. The number of amides is 1. The predicted octanol–water partition coefficient (Wildman–Crippen LogP) is 2.88. The number of nitrogens with two attached hydrogens (primary N) is 1. The molecule has 5 heteroatoms. The first-order chi connectivity index (χ1) is 8.08. The lowest BCUT2D eigenvalue weighted by molar-refractivity contribution is -0.133. The fourth-order valence-corrected chi connectivity index (χ4v) is 2.74. The topological polar surface area (TPSA) is 46.3 Å². The fraction of sp³-hybridized carbons (Fsp3) is 0.583. The molecule has 0 radical (unpaired) electrons. The molecule has 0 aliphatic heterocycles. The Morgan fingerprint density at radius 2 is 2.24 bits per heavy atom. The number of nitrogens with zero attached hydrogens (tertiary/aromatic N) is 1. The standard InChI is InChI=1S/C12H19ClN2OS/c1-3-5-10(14)12(16)15(4-2)8-9-6-7-11(13)17-9/h6-7,10H,3-5,8,14H2,1-2H3/t10-/m0/s1. The minimum atomic E-state index is -0.379. The van der Waals surface area contributed by atoms with E-state index >= 15 is 0 Å². The summed E-state index contributed by atoms with van der Waals surface area (Å²) in [6.07, 6.45) is 1.66. The molecule has 96 valence electrons. The van der Waals surface area contributed by atoms with E-state index in [9.17, 15) is 4.79 Å². The number of likely N-dealkylation sites (N-methyl/N-ethyl adjacent to an activating group) is 1. The molecule has 0 aliphatic rings. The molecule has 3 nitrogen and oxygen atoms in total. The Kier molecular flexibility index (Phi) is 5.95. The summed E-state index contributed by atoms with van der Waals surface area (Å²) in [5.41, 5.74) is 5.85. The maximum atomic E-state index is 12.0. The third-order valence-corrected chi connectivity index (χ3v) is 3.80. The average molecular weight is 275 g/mol. The van der Waals surface area contributed by atoms with Crippen LogP contribution >= 0.6 is 22.9 Å². The Hall–Kier alpha value is -0.580. The van der Waals surface area contributed by atoms with Crippen LogP contribution in [0.4, 0.5) is 0 Å². The van der Waals surface area contributed by atoms with E-state index < -0.39 is 0 Å². The number of carbonyl (C=O) groups is 1. The van der Waals surface area contributed by atoms with Gasteiger partial charge < -0.3 is 10.6 Å². The van der Waals surface area contributed by atoms with E-state index in [2.05, 4.69) is 0 Å². The Balaban J connectivity index is 2.62. The zero-order chi connectivity index (χ0) is 12.8. The van der Waals surface area contributed by atoms with Crippen molar-refractivity contribution in [1.82, 2.24) is 4.90 Å². The third kappa shape index (κ3) is 4.30. The Labute approximate surface area is 112 Å². The highest BCUT2D eigenvalue weighted by Crippen LogP contribution is 2.22. The molecule has 1 aromatic heterocycles. The molecule has 0 unspecified atom stereocenters. The molecule has 1 aromatic rings. The fourth-order valence-electron chi connectivity index (χ4n) is 1.64. The number of hydrogen-bond acceptors (Lipinski definition) is 3. The van der Waals surface area contributed by atoms with E-state index in [1.54, 1.807) is 4.90 Å². The number of carbonyl (C=O) groups excluding carboxylic acids is 1. The molecule has 0 spiro atoms. The van der Waals surface area contributed by atoms with Crippen LogP contribution in [0.2, 0.25) is 4.34 Å². The Morgan fingerprint density at radius 1 is 1.53 bits per heavy atom. The van der Waals surface area contributed by atoms with Crippen molar-refractivity contribution in [1.29, 1.82) is 0 Å². The highest BCUT2D eigenvalue weighted by atomic mass is 35.5. The zero-order valence-corrected chi connectivity index (χ0v) is 11.9. The lowest BCUT2D eigenvalue weighted by atomic mass is 10.1. The lowest BCUT2D eigenvalue weighted by Gasteiger charge is -2.23. The molecule has 17 heavy (non-hydrogen) atoms. The first kappa shape index (κ1) is 14.5. The van der Waals surface area contributed by atoms with Gasteiger partial charge in [0, 0.05) is 11.4 Å². The highest BCUT2D eigenvalue weighted by Gasteiger charge is 2.19. The first-order valence-corrected chi connectivity index (χ1v) is 7.06. The van der Waals surface area contributed by atoms with Crippen LogP contribution in [0.5, 0.6) is 0 Å². The van der Waals surface area contributed by atoms with E-state index in [1.807, 2.05) is 26.0 Å². The van der Waals surface area contributed by atoms with Crippen LogP contribution in [-0.2, 0) is 11.3 Å². The SMILES string of the molecule is CCC[C@H](N)C(=O)N(CC)Cc1ccc(Cl)s1. The molecule has 2 N–H and O–H groups in total. The van der Waals surface area contributed by atoms with Crippen molar-refractivity contribution >= 4 is 28.8 Å². The molecule has 1 heterocycles. The molecular formula is C12H19ClN2OS. The van der Waals surface area contributed by atoms with Crippen LogP contribution in [0.3, 0.4) is 0 Å². The lowest BCUT2D eigenvalue weighted by Crippen LogP contribution is -2.43. The molecule has 1 rings (SSSR count). The average Bonchev–Trinajstić information content (AvgIpc) is 2.71. The molecule has 0 saturated carbocycles. The molecular weight excluding hydrogens is 256 g/mol. The number of rotatable bonds is 6. The van der Waals surface area contributed by atoms with Crippen molar-refractivity contribution in [2.75, 3.05) is 6.54 Å². The van der Waals surface area contributed by atoms with Crippen molar-refractivity contribution in [3.8, 4) is 0 Å². The van der Waals surface area contributed by atoms with Gasteiger partial charge in [-0.25, -0.2) is 0 Å². The van der Waals surface area contributed by atoms with Gasteiger partial charge in [-0.3, -0.25) is 4.79 Å². The van der Waals surface area contributed by atoms with Crippen LogP contribution in [-0.4, -0.2) is 23.4 Å². The van der Waals surface area contributed by atoms with Crippen LogP contribution in [0.15, 0.2) is 12.1 Å². The van der Waals surface area contributed by atoms with Gasteiger partial charge in [-0.05, 0) is 25.5 Å². The second-order valence-corrected chi connectivity index (χ2v) is 5.75. The van der Waals surface area contributed by atoms with Crippen molar-refractivity contribution in [3.63, 3.8) is 0 Å². The second kappa shape index (κ2) is 6.99. The quantitative estimate of drug-likeness (QED) is 0.867. The number of thiophene rings is 1. The third-order valence-electron chi connectivity index (χ3n) is 2.59. The summed E-state index contributed by atoms with van der Waals surface area (Å²) in [6.45, 7) is 5.27. The smallest absolute Gasteiger partial charge is 0.239 e. The van der Waals surface area contributed by atoms with Gasteiger partial charge in [0.1, 0.15) is 0 Å². The van der Waals surface area contributed by atoms with Crippen LogP contribution in [0, 0.1) is 0 Å². The predicted molar refractivity (Wildman–Crippen MR) is 73.3 cm³/mol.